The summed E-state index contributed by atoms with van der Waals surface area (Å²) < 4.78 is 86.0. The molecule has 1 saturated carbocycles. The molecule has 1 atom stereocenters. The lowest BCUT2D eigenvalue weighted by Crippen LogP contribution is -2.69. The molecule has 1 aromatic rings. The second-order valence-corrected chi connectivity index (χ2v) is 9.99. The van der Waals surface area contributed by atoms with Crippen molar-refractivity contribution in [3.63, 3.8) is 0 Å². The Morgan fingerprint density at radius 1 is 1.14 bits per heavy atom. The summed E-state index contributed by atoms with van der Waals surface area (Å²) in [5.74, 6) is -4.74. The zero-order chi connectivity index (χ0) is 25.0. The largest absolute Gasteiger partial charge is 0.459 e. The average molecular weight is 504 g/mol. The number of carbonyl (C=O) groups is 1. The highest BCUT2D eigenvalue weighted by Gasteiger charge is 2.63. The predicted molar refractivity (Wildman–Crippen MR) is 115 cm³/mol. The van der Waals surface area contributed by atoms with Gasteiger partial charge in [-0.15, -0.1) is 0 Å². The van der Waals surface area contributed by atoms with E-state index in [1.807, 2.05) is 4.90 Å². The van der Waals surface area contributed by atoms with Gasteiger partial charge in [0.25, 0.3) is 5.91 Å². The zero-order valence-electron chi connectivity index (χ0n) is 18.9. The van der Waals surface area contributed by atoms with Crippen molar-refractivity contribution in [3.05, 3.63) is 35.5 Å². The summed E-state index contributed by atoms with van der Waals surface area (Å²) in [6.45, 7) is 1.93. The molecule has 0 radical (unpaired) electrons. The van der Waals surface area contributed by atoms with Gasteiger partial charge in [-0.2, -0.15) is 13.2 Å². The van der Waals surface area contributed by atoms with E-state index in [4.69, 9.17) is 4.74 Å². The van der Waals surface area contributed by atoms with Crippen LogP contribution in [0.5, 0.6) is 0 Å². The fraction of sp³-hybridized carbons (Fsp3) is 0.609. The number of rotatable bonds is 5. The van der Waals surface area contributed by atoms with Gasteiger partial charge in [0.05, 0.1) is 5.69 Å². The minimum Gasteiger partial charge on any atom is -0.459 e. The molecule has 3 aliphatic heterocycles. The number of likely N-dealkylation sites (tertiary alicyclic amines) is 1. The number of piperidine rings is 1. The van der Waals surface area contributed by atoms with Crippen molar-refractivity contribution in [3.8, 4) is 0 Å². The summed E-state index contributed by atoms with van der Waals surface area (Å²) in [5.41, 5.74) is -0.461. The normalized spacial score (nSPS) is 25.5. The van der Waals surface area contributed by atoms with E-state index < -0.39 is 53.5 Å². The highest BCUT2D eigenvalue weighted by atomic mass is 19.4. The SMILES string of the molecule is O=C(Nc1ccc(N2CCCCC2)c(F)c1)C1=C(CC(F)(F)F)OC(N2CC3(C2)CC(F)(F)C3)N1. The zero-order valence-corrected chi connectivity index (χ0v) is 18.9. The molecule has 3 heterocycles. The molecule has 5 rings (SSSR count). The van der Waals surface area contributed by atoms with Crippen molar-refractivity contribution in [2.24, 2.45) is 5.41 Å². The molecule has 1 aromatic carbocycles. The molecule has 0 bridgehead atoms. The van der Waals surface area contributed by atoms with E-state index in [2.05, 4.69) is 10.6 Å². The Bertz CT molecular complexity index is 1020. The Kier molecular flexibility index (Phi) is 5.84. The highest BCUT2D eigenvalue weighted by molar-refractivity contribution is 6.04. The van der Waals surface area contributed by atoms with E-state index in [9.17, 15) is 31.1 Å². The molecule has 192 valence electrons. The van der Waals surface area contributed by atoms with Crippen molar-refractivity contribution < 1.29 is 35.9 Å². The molecule has 6 nitrogen and oxygen atoms in total. The van der Waals surface area contributed by atoms with Crippen molar-refractivity contribution in [1.82, 2.24) is 10.2 Å². The maximum atomic E-state index is 14.7. The third-order valence-electron chi connectivity index (χ3n) is 6.97. The molecule has 35 heavy (non-hydrogen) atoms. The first kappa shape index (κ1) is 24.1. The Morgan fingerprint density at radius 2 is 1.83 bits per heavy atom. The summed E-state index contributed by atoms with van der Waals surface area (Å²) in [5, 5.41) is 5.08. The highest BCUT2D eigenvalue weighted by Crippen LogP contribution is 2.57. The second kappa shape index (κ2) is 8.49. The summed E-state index contributed by atoms with van der Waals surface area (Å²) in [4.78, 5) is 16.3. The summed E-state index contributed by atoms with van der Waals surface area (Å²) in [7, 11) is 0. The van der Waals surface area contributed by atoms with Gasteiger partial charge < -0.3 is 20.3 Å². The second-order valence-electron chi connectivity index (χ2n) is 9.99. The first-order valence-electron chi connectivity index (χ1n) is 11.6. The number of nitrogens with zero attached hydrogens (tertiary/aromatic N) is 2. The molecular formula is C23H26F6N4O2. The number of allylic oxidation sites excluding steroid dienone is 1. The van der Waals surface area contributed by atoms with Crippen LogP contribution in [0.4, 0.5) is 37.7 Å². The van der Waals surface area contributed by atoms with Crippen LogP contribution in [-0.2, 0) is 9.53 Å². The summed E-state index contributed by atoms with van der Waals surface area (Å²) >= 11 is 0. The van der Waals surface area contributed by atoms with Crippen LogP contribution in [0.2, 0.25) is 0 Å². The lowest BCUT2D eigenvalue weighted by molar-refractivity contribution is -0.240. The molecule has 4 aliphatic rings. The number of anilines is 2. The predicted octanol–water partition coefficient (Wildman–Crippen LogP) is 4.55. The molecule has 2 saturated heterocycles. The Hall–Kier alpha value is -2.63. The van der Waals surface area contributed by atoms with Crippen molar-refractivity contribution in [2.75, 3.05) is 36.4 Å². The smallest absolute Gasteiger partial charge is 0.396 e. The van der Waals surface area contributed by atoms with E-state index in [0.29, 0.717) is 5.69 Å². The molecule has 3 fully saturated rings. The summed E-state index contributed by atoms with van der Waals surface area (Å²) in [6.07, 6.45) is -4.70. The number of halogens is 6. The monoisotopic (exact) mass is 504 g/mol. The number of hydrogen-bond donors (Lipinski definition) is 2. The van der Waals surface area contributed by atoms with Gasteiger partial charge in [0.15, 0.2) is 0 Å². The van der Waals surface area contributed by atoms with Gasteiger partial charge in [0.1, 0.15) is 23.7 Å². The van der Waals surface area contributed by atoms with Crippen LogP contribution in [0, 0.1) is 11.2 Å². The standard InChI is InChI=1S/C23H26F6N4O2/c24-15-8-14(4-5-16(15)32-6-2-1-3-7-32)30-19(34)18-17(9-23(27,28)29)35-20(31-18)33-12-21(13-33)10-22(25,26)11-21/h4-5,8,20,31H,1-3,6-7,9-13H2,(H,30,34). The number of alkyl halides is 5. The van der Waals surface area contributed by atoms with Crippen LogP contribution >= 0.6 is 0 Å². The average Bonchev–Trinajstić information content (AvgIpc) is 3.12. The maximum Gasteiger partial charge on any atom is 0.396 e. The fourth-order valence-corrected chi connectivity index (χ4v) is 5.52. The summed E-state index contributed by atoms with van der Waals surface area (Å²) in [6, 6.07) is 4.17. The van der Waals surface area contributed by atoms with E-state index in [-0.39, 0.29) is 31.6 Å². The van der Waals surface area contributed by atoms with Crippen molar-refractivity contribution in [2.45, 2.75) is 57.0 Å². The third kappa shape index (κ3) is 5.03. The Labute approximate surface area is 198 Å². The molecule has 1 aliphatic carbocycles. The number of amides is 1. The molecule has 1 spiro atoms. The van der Waals surface area contributed by atoms with Crippen molar-refractivity contribution in [1.29, 1.82) is 0 Å². The number of ether oxygens (including phenoxy) is 1. The molecule has 1 unspecified atom stereocenters. The van der Waals surface area contributed by atoms with Crippen LogP contribution in [0.1, 0.15) is 38.5 Å². The van der Waals surface area contributed by atoms with Crippen LogP contribution in [0.15, 0.2) is 29.7 Å². The van der Waals surface area contributed by atoms with Gasteiger partial charge in [-0.25, -0.2) is 18.1 Å². The van der Waals surface area contributed by atoms with Crippen LogP contribution < -0.4 is 15.5 Å². The van der Waals surface area contributed by atoms with Gasteiger partial charge in [0, 0.05) is 50.1 Å². The minimum absolute atomic E-state index is 0.0944. The molecular weight excluding hydrogens is 478 g/mol. The van der Waals surface area contributed by atoms with E-state index >= 15 is 0 Å². The fourth-order valence-electron chi connectivity index (χ4n) is 5.52. The maximum absolute atomic E-state index is 14.7. The molecule has 12 heteroatoms. The van der Waals surface area contributed by atoms with Crippen LogP contribution in [0.3, 0.4) is 0 Å². The van der Waals surface area contributed by atoms with Crippen molar-refractivity contribution >= 4 is 17.3 Å². The number of carbonyl (C=O) groups excluding carboxylic acids is 1. The van der Waals surface area contributed by atoms with Gasteiger partial charge in [-0.05, 0) is 37.5 Å². The van der Waals surface area contributed by atoms with E-state index in [1.54, 1.807) is 4.90 Å². The van der Waals surface area contributed by atoms with E-state index in [1.165, 1.54) is 12.1 Å². The Balaban J connectivity index is 1.26. The van der Waals surface area contributed by atoms with Gasteiger partial charge in [-0.3, -0.25) is 4.79 Å². The number of hydrogen-bond acceptors (Lipinski definition) is 5. The lowest BCUT2D eigenvalue weighted by Gasteiger charge is -2.59. The first-order valence-corrected chi connectivity index (χ1v) is 11.6. The molecule has 0 aromatic heterocycles. The van der Waals surface area contributed by atoms with Gasteiger partial charge in [-0.1, -0.05) is 0 Å². The lowest BCUT2D eigenvalue weighted by atomic mass is 9.61. The Morgan fingerprint density at radius 3 is 2.43 bits per heavy atom. The number of nitrogens with one attached hydrogen (secondary N) is 2. The third-order valence-corrected chi connectivity index (χ3v) is 6.97. The van der Waals surface area contributed by atoms with E-state index in [0.717, 1.165) is 38.4 Å². The van der Waals surface area contributed by atoms with Crippen LogP contribution in [-0.4, -0.2) is 55.4 Å². The van der Waals surface area contributed by atoms with Crippen LogP contribution in [0.25, 0.3) is 0 Å². The molecule has 1 amide bonds. The van der Waals surface area contributed by atoms with Gasteiger partial charge in [0.2, 0.25) is 12.3 Å². The first-order chi connectivity index (χ1) is 16.4. The van der Waals surface area contributed by atoms with Gasteiger partial charge >= 0.3 is 6.18 Å². The molecule has 2 N–H and O–H groups in total. The minimum atomic E-state index is -4.63. The quantitative estimate of drug-likeness (QED) is 0.577. The topological polar surface area (TPSA) is 56.8 Å². The number of benzene rings is 1.